The van der Waals surface area contributed by atoms with E-state index in [4.69, 9.17) is 0 Å². The normalized spacial score (nSPS) is 24.2. The molecule has 0 bridgehead atoms. The molecule has 2 nitrogen and oxygen atoms in total. The lowest BCUT2D eigenvalue weighted by Gasteiger charge is -2.41. The van der Waals surface area contributed by atoms with Crippen molar-refractivity contribution in [1.29, 1.82) is 0 Å². The van der Waals surface area contributed by atoms with E-state index in [-0.39, 0.29) is 12.6 Å². The molecular formula is C11H23F3N2. The minimum atomic E-state index is -4.11. The Bertz CT molecular complexity index is 192. The molecule has 1 fully saturated rings. The molecule has 98 valence electrons. The summed E-state index contributed by atoms with van der Waals surface area (Å²) in [6.07, 6.45) is -4.11. The van der Waals surface area contributed by atoms with Crippen molar-refractivity contribution in [3.63, 3.8) is 0 Å². The van der Waals surface area contributed by atoms with Gasteiger partial charge in [0.15, 0.2) is 0 Å². The lowest BCUT2D eigenvalue weighted by atomic mass is 10.1. The molecule has 1 aliphatic rings. The van der Waals surface area contributed by atoms with Crippen LogP contribution in [0.2, 0.25) is 0 Å². The molecule has 0 amide bonds. The minimum absolute atomic E-state index is 0.0949. The second-order valence-corrected chi connectivity index (χ2v) is 4.13. The van der Waals surface area contributed by atoms with Crippen LogP contribution in [-0.4, -0.2) is 54.7 Å². The lowest BCUT2D eigenvalue weighted by Crippen LogP contribution is -2.58. The Balaban J connectivity index is 0.00000106. The average Bonchev–Trinajstić information content (AvgIpc) is 2.19. The fourth-order valence-corrected chi connectivity index (χ4v) is 1.72. The first kappa shape index (κ1) is 15.7. The molecule has 1 unspecified atom stereocenters. The number of likely N-dealkylation sites (N-methyl/N-ethyl adjacent to an activating group) is 1. The van der Waals surface area contributed by atoms with E-state index in [9.17, 15) is 13.2 Å². The van der Waals surface area contributed by atoms with E-state index in [0.717, 1.165) is 6.54 Å². The largest absolute Gasteiger partial charge is 0.405 e. The molecule has 1 heterocycles. The molecule has 0 aliphatic carbocycles. The van der Waals surface area contributed by atoms with Gasteiger partial charge in [0, 0.05) is 25.7 Å². The summed E-state index contributed by atoms with van der Waals surface area (Å²) in [7, 11) is 1.54. The van der Waals surface area contributed by atoms with Gasteiger partial charge in [-0.3, -0.25) is 9.80 Å². The van der Waals surface area contributed by atoms with E-state index in [0.29, 0.717) is 6.54 Å². The summed E-state index contributed by atoms with van der Waals surface area (Å²) >= 11 is 0. The average molecular weight is 240 g/mol. The molecular weight excluding hydrogens is 217 g/mol. The molecule has 0 radical (unpaired) electrons. The Morgan fingerprint density at radius 1 is 1.12 bits per heavy atom. The number of hydrogen-bond acceptors (Lipinski definition) is 2. The Labute approximate surface area is 96.4 Å². The van der Waals surface area contributed by atoms with Crippen LogP contribution in [0.5, 0.6) is 0 Å². The third-order valence-electron chi connectivity index (χ3n) is 2.79. The van der Waals surface area contributed by atoms with Gasteiger partial charge in [-0.05, 0) is 20.9 Å². The third kappa shape index (κ3) is 4.29. The van der Waals surface area contributed by atoms with Gasteiger partial charge in [0.2, 0.25) is 0 Å². The molecule has 0 aromatic carbocycles. The van der Waals surface area contributed by atoms with Crippen LogP contribution >= 0.6 is 0 Å². The van der Waals surface area contributed by atoms with Crippen LogP contribution in [0.25, 0.3) is 0 Å². The fraction of sp³-hybridized carbons (Fsp3) is 1.00. The molecule has 16 heavy (non-hydrogen) atoms. The van der Waals surface area contributed by atoms with Crippen molar-refractivity contribution < 1.29 is 13.2 Å². The summed E-state index contributed by atoms with van der Waals surface area (Å²) in [5.41, 5.74) is 0. The zero-order chi connectivity index (χ0) is 12.9. The first-order chi connectivity index (χ1) is 7.32. The molecule has 5 heteroatoms. The van der Waals surface area contributed by atoms with Crippen molar-refractivity contribution in [2.24, 2.45) is 0 Å². The summed E-state index contributed by atoms with van der Waals surface area (Å²) in [5, 5.41) is 0. The minimum Gasteiger partial charge on any atom is -0.298 e. The lowest BCUT2D eigenvalue weighted by molar-refractivity contribution is -0.194. The van der Waals surface area contributed by atoms with E-state index in [1.54, 1.807) is 0 Å². The number of piperazine rings is 1. The predicted molar refractivity (Wildman–Crippen MR) is 60.5 cm³/mol. The van der Waals surface area contributed by atoms with Gasteiger partial charge < -0.3 is 0 Å². The molecule has 0 N–H and O–H groups in total. The number of nitrogens with zero attached hydrogens (tertiary/aromatic N) is 2. The highest BCUT2D eigenvalue weighted by Crippen LogP contribution is 2.27. The maximum absolute atomic E-state index is 12.6. The van der Waals surface area contributed by atoms with Crippen LogP contribution in [0.3, 0.4) is 0 Å². The van der Waals surface area contributed by atoms with Gasteiger partial charge in [-0.15, -0.1) is 0 Å². The molecule has 1 atom stereocenters. The topological polar surface area (TPSA) is 6.48 Å². The Hall–Kier alpha value is -0.290. The van der Waals surface area contributed by atoms with Crippen molar-refractivity contribution in [2.45, 2.75) is 46.0 Å². The highest BCUT2D eigenvalue weighted by atomic mass is 19.4. The summed E-state index contributed by atoms with van der Waals surface area (Å²) in [4.78, 5) is 3.26. The van der Waals surface area contributed by atoms with E-state index in [2.05, 4.69) is 0 Å². The van der Waals surface area contributed by atoms with Crippen molar-refractivity contribution in [1.82, 2.24) is 9.80 Å². The summed E-state index contributed by atoms with van der Waals surface area (Å²) in [6, 6.07) is -1.12. The van der Waals surface area contributed by atoms with E-state index in [1.807, 2.05) is 32.6 Å². The van der Waals surface area contributed by atoms with Gasteiger partial charge in [0.25, 0.3) is 0 Å². The van der Waals surface area contributed by atoms with Crippen LogP contribution in [0.4, 0.5) is 13.2 Å². The van der Waals surface area contributed by atoms with Crippen LogP contribution in [-0.2, 0) is 0 Å². The molecule has 0 saturated carbocycles. The highest BCUT2D eigenvalue weighted by Gasteiger charge is 2.45. The second-order valence-electron chi connectivity index (χ2n) is 4.13. The second kappa shape index (κ2) is 6.45. The van der Waals surface area contributed by atoms with Crippen LogP contribution < -0.4 is 0 Å². The zero-order valence-corrected chi connectivity index (χ0v) is 10.8. The number of alkyl halides is 3. The monoisotopic (exact) mass is 240 g/mol. The molecule has 0 aromatic rings. The standard InChI is InChI=1S/C9H17F3N2.C2H6/c1-7(2)14-5-4-13(3)8(6-14)9(10,11)12;1-2/h7-8H,4-6H2,1-3H3;1-2H3. The first-order valence-corrected chi connectivity index (χ1v) is 5.83. The van der Waals surface area contributed by atoms with E-state index >= 15 is 0 Å². The smallest absolute Gasteiger partial charge is 0.298 e. The fourth-order valence-electron chi connectivity index (χ4n) is 1.72. The summed E-state index contributed by atoms with van der Waals surface area (Å²) < 4.78 is 37.7. The van der Waals surface area contributed by atoms with Crippen LogP contribution in [0, 0.1) is 0 Å². The Morgan fingerprint density at radius 3 is 2.00 bits per heavy atom. The summed E-state index contributed by atoms with van der Waals surface area (Å²) in [5.74, 6) is 0. The van der Waals surface area contributed by atoms with Gasteiger partial charge in [-0.2, -0.15) is 13.2 Å². The van der Waals surface area contributed by atoms with Crippen LogP contribution in [0.15, 0.2) is 0 Å². The van der Waals surface area contributed by atoms with Crippen molar-refractivity contribution >= 4 is 0 Å². The molecule has 1 saturated heterocycles. The van der Waals surface area contributed by atoms with Gasteiger partial charge in [0.05, 0.1) is 0 Å². The third-order valence-corrected chi connectivity index (χ3v) is 2.79. The predicted octanol–water partition coefficient (Wildman–Crippen LogP) is 2.60. The van der Waals surface area contributed by atoms with Gasteiger partial charge in [0.1, 0.15) is 6.04 Å². The molecule has 0 aromatic heterocycles. The molecule has 1 rings (SSSR count). The maximum atomic E-state index is 12.6. The Morgan fingerprint density at radius 2 is 1.62 bits per heavy atom. The molecule has 1 aliphatic heterocycles. The number of halogens is 3. The summed E-state index contributed by atoms with van der Waals surface area (Å²) in [6.45, 7) is 9.16. The molecule has 0 spiro atoms. The quantitative estimate of drug-likeness (QED) is 0.695. The van der Waals surface area contributed by atoms with E-state index < -0.39 is 12.2 Å². The van der Waals surface area contributed by atoms with Crippen molar-refractivity contribution in [2.75, 3.05) is 26.7 Å². The number of rotatable bonds is 1. The van der Waals surface area contributed by atoms with Gasteiger partial charge in [-0.1, -0.05) is 13.8 Å². The van der Waals surface area contributed by atoms with Crippen LogP contribution in [0.1, 0.15) is 27.7 Å². The van der Waals surface area contributed by atoms with E-state index in [1.165, 1.54) is 11.9 Å². The highest BCUT2D eigenvalue weighted by molar-refractivity contribution is 4.86. The van der Waals surface area contributed by atoms with Crippen molar-refractivity contribution in [3.8, 4) is 0 Å². The number of hydrogen-bond donors (Lipinski definition) is 0. The SMILES string of the molecule is CC.CC(C)N1CCN(C)C(C(F)(F)F)C1. The van der Waals surface area contributed by atoms with Gasteiger partial charge >= 0.3 is 6.18 Å². The van der Waals surface area contributed by atoms with Crippen molar-refractivity contribution in [3.05, 3.63) is 0 Å². The zero-order valence-electron chi connectivity index (χ0n) is 10.8. The first-order valence-electron chi connectivity index (χ1n) is 5.83. The van der Waals surface area contributed by atoms with Gasteiger partial charge in [-0.25, -0.2) is 0 Å². The Kier molecular flexibility index (Phi) is 6.33. The maximum Gasteiger partial charge on any atom is 0.405 e.